The number of anilines is 3. The van der Waals surface area contributed by atoms with Crippen LogP contribution in [0.15, 0.2) is 49.1 Å². The lowest BCUT2D eigenvalue weighted by atomic mass is 9.73. The number of benzene rings is 1. The summed E-state index contributed by atoms with van der Waals surface area (Å²) in [6, 6.07) is 10.3. The van der Waals surface area contributed by atoms with Gasteiger partial charge in [0, 0.05) is 48.7 Å². The number of carbonyl (C=O) groups excluding carboxylic acids is 1. The molecular weight excluding hydrogens is 611 g/mol. The Morgan fingerprint density at radius 3 is 2.52 bits per heavy atom. The third-order valence-electron chi connectivity index (χ3n) is 11.1. The lowest BCUT2D eigenvalue weighted by Crippen LogP contribution is -2.58. The quantitative estimate of drug-likeness (QED) is 0.248. The number of hydrogen-bond donors (Lipinski definition) is 2. The molecule has 0 radical (unpaired) electrons. The van der Waals surface area contributed by atoms with E-state index in [2.05, 4.69) is 35.1 Å². The minimum absolute atomic E-state index is 0.0939. The summed E-state index contributed by atoms with van der Waals surface area (Å²) in [6.45, 7) is 7.03. The highest BCUT2D eigenvalue weighted by atomic mass is 19.1. The van der Waals surface area contributed by atoms with Gasteiger partial charge in [0.2, 0.25) is 5.91 Å². The fraction of sp³-hybridized carbons (Fsp3) is 0.472. The smallest absolute Gasteiger partial charge is 0.407 e. The zero-order valence-corrected chi connectivity index (χ0v) is 27.4. The highest BCUT2D eigenvalue weighted by Crippen LogP contribution is 2.52. The van der Waals surface area contributed by atoms with Gasteiger partial charge in [-0.1, -0.05) is 18.6 Å². The number of nitrogens with zero attached hydrogens (tertiary/aromatic N) is 7. The van der Waals surface area contributed by atoms with Crippen LogP contribution in [-0.2, 0) is 10.2 Å². The monoisotopic (exact) mass is 652 g/mol. The number of nitrogens with one attached hydrogen (secondary N) is 1. The standard InChI is InChI=1S/C36H41FN8O3/c1-22(2)44-21-39-30-19-29(41-33(32(30)44)40-28-8-11-38-20-27(28)37)23-6-7-26-31(16-23)45(25-17-24(18-25)42-12-4-3-5-13-42)34(46)36(26)9-14-43(15-10-36)35(47)48/h6-8,11,16,19-22,24-25H,3-5,9-10,12-15,17-18H2,1-2H3,(H,47,48)(H,38,40,41)/t24-,25+. The topological polar surface area (TPSA) is 120 Å². The zero-order valence-electron chi connectivity index (χ0n) is 27.4. The average Bonchev–Trinajstić information content (AvgIpc) is 3.60. The summed E-state index contributed by atoms with van der Waals surface area (Å²) in [5.74, 6) is 0.0900. The molecule has 11 nitrogen and oxygen atoms in total. The van der Waals surface area contributed by atoms with Crippen molar-refractivity contribution in [2.45, 2.75) is 82.3 Å². The van der Waals surface area contributed by atoms with Crippen molar-refractivity contribution in [2.75, 3.05) is 36.4 Å². The molecule has 1 aromatic carbocycles. The number of pyridine rings is 2. The Morgan fingerprint density at radius 1 is 1.04 bits per heavy atom. The van der Waals surface area contributed by atoms with Crippen molar-refractivity contribution in [1.82, 2.24) is 29.3 Å². The first kappa shape index (κ1) is 30.7. The van der Waals surface area contributed by atoms with Crippen LogP contribution in [0.4, 0.5) is 26.4 Å². The van der Waals surface area contributed by atoms with Crippen molar-refractivity contribution in [3.8, 4) is 11.3 Å². The third kappa shape index (κ3) is 4.99. The predicted octanol–water partition coefficient (Wildman–Crippen LogP) is 6.33. The number of likely N-dealkylation sites (tertiary alicyclic amines) is 2. The second kappa shape index (κ2) is 11.8. The van der Waals surface area contributed by atoms with E-state index >= 15 is 0 Å². The molecule has 3 fully saturated rings. The average molecular weight is 653 g/mol. The maximum absolute atomic E-state index is 14.8. The van der Waals surface area contributed by atoms with Crippen molar-refractivity contribution in [3.63, 3.8) is 0 Å². The van der Waals surface area contributed by atoms with Gasteiger partial charge >= 0.3 is 6.09 Å². The van der Waals surface area contributed by atoms with Gasteiger partial charge in [-0.2, -0.15) is 0 Å². The van der Waals surface area contributed by atoms with Gasteiger partial charge in [-0.05, 0) is 89.2 Å². The van der Waals surface area contributed by atoms with Crippen LogP contribution < -0.4 is 10.2 Å². The summed E-state index contributed by atoms with van der Waals surface area (Å²) in [4.78, 5) is 46.0. The SMILES string of the molecule is CC(C)n1cnc2cc(-c3ccc4c(c3)N([C@H]3C[C@@H](N5CCCCC5)C3)C(=O)C43CCN(C(=O)O)CC3)nc(Nc3ccncc3F)c21. The van der Waals surface area contributed by atoms with Crippen LogP contribution in [0.3, 0.4) is 0 Å². The number of fused-ring (bicyclic) bond motifs is 3. The molecule has 1 aliphatic carbocycles. The number of halogens is 1. The second-order valence-corrected chi connectivity index (χ2v) is 14.1. The number of hydrogen-bond acceptors (Lipinski definition) is 7. The fourth-order valence-corrected chi connectivity index (χ4v) is 8.32. The van der Waals surface area contributed by atoms with E-state index in [0.717, 1.165) is 53.8 Å². The fourth-order valence-electron chi connectivity index (χ4n) is 8.32. The van der Waals surface area contributed by atoms with Crippen LogP contribution >= 0.6 is 0 Å². The Labute approximate surface area is 278 Å². The molecular formula is C36H41FN8O3. The second-order valence-electron chi connectivity index (χ2n) is 14.1. The van der Waals surface area contributed by atoms with Crippen molar-refractivity contribution in [3.05, 3.63) is 60.4 Å². The molecule has 48 heavy (non-hydrogen) atoms. The lowest BCUT2D eigenvalue weighted by molar-refractivity contribution is -0.125. The van der Waals surface area contributed by atoms with E-state index < -0.39 is 17.3 Å². The number of carboxylic acid groups (broad SMARTS) is 1. The Morgan fingerprint density at radius 2 is 1.81 bits per heavy atom. The van der Waals surface area contributed by atoms with Gasteiger partial charge in [0.25, 0.3) is 0 Å². The molecule has 12 heteroatoms. The van der Waals surface area contributed by atoms with E-state index in [4.69, 9.17) is 9.97 Å². The lowest BCUT2D eigenvalue weighted by Gasteiger charge is -2.48. The first-order valence-corrected chi connectivity index (χ1v) is 17.2. The molecule has 2 amide bonds. The van der Waals surface area contributed by atoms with E-state index in [-0.39, 0.29) is 23.7 Å². The van der Waals surface area contributed by atoms with Gasteiger partial charge in [0.1, 0.15) is 5.52 Å². The van der Waals surface area contributed by atoms with Gasteiger partial charge in [-0.3, -0.25) is 9.78 Å². The summed E-state index contributed by atoms with van der Waals surface area (Å²) in [5.41, 5.74) is 4.38. The van der Waals surface area contributed by atoms with Crippen molar-refractivity contribution >= 4 is 40.2 Å². The van der Waals surface area contributed by atoms with Crippen LogP contribution in [-0.4, -0.2) is 84.7 Å². The highest BCUT2D eigenvalue weighted by Gasteiger charge is 2.55. The molecule has 2 saturated heterocycles. The van der Waals surface area contributed by atoms with E-state index in [9.17, 15) is 19.1 Å². The maximum atomic E-state index is 14.8. The number of piperidine rings is 2. The summed E-state index contributed by atoms with van der Waals surface area (Å²) in [7, 11) is 0. The number of aromatic nitrogens is 4. The van der Waals surface area contributed by atoms with Gasteiger partial charge in [-0.15, -0.1) is 0 Å². The minimum atomic E-state index is -0.941. The van der Waals surface area contributed by atoms with Crippen LogP contribution in [0.5, 0.6) is 0 Å². The Bertz CT molecular complexity index is 1890. The molecule has 1 spiro atoms. The first-order chi connectivity index (χ1) is 23.2. The van der Waals surface area contributed by atoms with Gasteiger partial charge < -0.3 is 29.7 Å². The normalized spacial score (nSPS) is 22.4. The number of carbonyl (C=O) groups is 2. The summed E-state index contributed by atoms with van der Waals surface area (Å²) < 4.78 is 16.8. The van der Waals surface area contributed by atoms with Gasteiger partial charge in [0.05, 0.1) is 34.8 Å². The Kier molecular flexibility index (Phi) is 7.58. The minimum Gasteiger partial charge on any atom is -0.465 e. The van der Waals surface area contributed by atoms with Crippen LogP contribution in [0.1, 0.15) is 70.4 Å². The number of imidazole rings is 1. The molecule has 0 unspecified atom stereocenters. The van der Waals surface area contributed by atoms with Crippen LogP contribution in [0.2, 0.25) is 0 Å². The van der Waals surface area contributed by atoms with E-state index in [0.29, 0.717) is 43.5 Å². The summed E-state index contributed by atoms with van der Waals surface area (Å²) >= 11 is 0. The van der Waals surface area contributed by atoms with Gasteiger partial charge in [-0.25, -0.2) is 19.2 Å². The van der Waals surface area contributed by atoms with E-state index in [1.807, 2.05) is 27.7 Å². The Balaban J connectivity index is 1.19. The molecule has 4 aromatic rings. The van der Waals surface area contributed by atoms with E-state index in [1.165, 1.54) is 36.6 Å². The van der Waals surface area contributed by atoms with Crippen molar-refractivity contribution < 1.29 is 19.1 Å². The first-order valence-electron chi connectivity index (χ1n) is 17.2. The van der Waals surface area contributed by atoms with E-state index in [1.54, 1.807) is 12.4 Å². The predicted molar refractivity (Wildman–Crippen MR) is 181 cm³/mol. The Hall–Kier alpha value is -4.58. The highest BCUT2D eigenvalue weighted by molar-refractivity contribution is 6.09. The van der Waals surface area contributed by atoms with Crippen molar-refractivity contribution in [2.24, 2.45) is 0 Å². The molecule has 0 atom stereocenters. The molecule has 6 heterocycles. The summed E-state index contributed by atoms with van der Waals surface area (Å²) in [6.07, 6.45) is 10.1. The molecule has 1 saturated carbocycles. The molecule has 3 aliphatic heterocycles. The summed E-state index contributed by atoms with van der Waals surface area (Å²) in [5, 5.41) is 12.9. The molecule has 4 aliphatic rings. The number of rotatable bonds is 6. The third-order valence-corrected chi connectivity index (χ3v) is 11.1. The largest absolute Gasteiger partial charge is 0.465 e. The molecule has 250 valence electrons. The van der Waals surface area contributed by atoms with Gasteiger partial charge in [0.15, 0.2) is 11.6 Å². The van der Waals surface area contributed by atoms with Crippen LogP contribution in [0.25, 0.3) is 22.3 Å². The van der Waals surface area contributed by atoms with Crippen LogP contribution in [0, 0.1) is 5.82 Å². The molecule has 0 bridgehead atoms. The van der Waals surface area contributed by atoms with Crippen molar-refractivity contribution in [1.29, 1.82) is 0 Å². The maximum Gasteiger partial charge on any atom is 0.407 e. The zero-order chi connectivity index (χ0) is 33.2. The number of amides is 2. The molecule has 2 N–H and O–H groups in total. The molecule has 8 rings (SSSR count). The molecule has 3 aromatic heterocycles.